The van der Waals surface area contributed by atoms with Crippen LogP contribution in [0.15, 0.2) is 46.9 Å². The van der Waals surface area contributed by atoms with E-state index in [1.54, 1.807) is 7.11 Å². The van der Waals surface area contributed by atoms with Gasteiger partial charge in [0.25, 0.3) is 0 Å². The van der Waals surface area contributed by atoms with Gasteiger partial charge in [-0.05, 0) is 48.4 Å². The summed E-state index contributed by atoms with van der Waals surface area (Å²) < 4.78 is 6.23. The lowest BCUT2D eigenvalue weighted by Crippen LogP contribution is -2.50. The van der Waals surface area contributed by atoms with Crippen molar-refractivity contribution in [3.05, 3.63) is 58.1 Å². The molecule has 1 fully saturated rings. The number of nitrogens with zero attached hydrogens (tertiary/aromatic N) is 2. The molecule has 0 bridgehead atoms. The summed E-state index contributed by atoms with van der Waals surface area (Å²) in [5.74, 6) is 0.822. The third-order valence-corrected chi connectivity index (χ3v) is 5.91. The fourth-order valence-electron chi connectivity index (χ4n) is 3.35. The third-order valence-electron chi connectivity index (χ3n) is 5.02. The average molecular weight is 460 g/mol. The highest BCUT2D eigenvalue weighted by Gasteiger charge is 2.22. The molecule has 1 saturated heterocycles. The van der Waals surface area contributed by atoms with E-state index in [-0.39, 0.29) is 11.8 Å². The van der Waals surface area contributed by atoms with Crippen molar-refractivity contribution in [2.24, 2.45) is 0 Å². The van der Waals surface area contributed by atoms with Gasteiger partial charge in [0.1, 0.15) is 5.75 Å². The number of methoxy groups -OCH3 is 1. The molecule has 1 N–H and O–H groups in total. The van der Waals surface area contributed by atoms with Gasteiger partial charge in [0.05, 0.1) is 20.1 Å². The number of anilines is 1. The summed E-state index contributed by atoms with van der Waals surface area (Å²) >= 11 is 3.46. The minimum absolute atomic E-state index is 0.0390. The van der Waals surface area contributed by atoms with E-state index >= 15 is 0 Å². The standard InChI is InChI=1S/C22H26BrN3O3/c1-16-12-18(6-7-20(16)23)24-21(27)15-25-8-10-26(11-9-25)22(28)14-17-4-3-5-19(13-17)29-2/h3-7,12-13H,8-11,14-15H2,1-2H3,(H,24,27). The molecule has 1 aliphatic rings. The smallest absolute Gasteiger partial charge is 0.238 e. The summed E-state index contributed by atoms with van der Waals surface area (Å²) in [5, 5.41) is 2.94. The molecule has 2 aromatic rings. The molecule has 0 atom stereocenters. The first-order chi connectivity index (χ1) is 13.9. The number of aryl methyl sites for hydroxylation is 1. The Kier molecular flexibility index (Phi) is 7.28. The maximum atomic E-state index is 12.6. The average Bonchev–Trinajstić information content (AvgIpc) is 2.71. The van der Waals surface area contributed by atoms with Crippen molar-refractivity contribution in [2.45, 2.75) is 13.3 Å². The minimum atomic E-state index is -0.0390. The van der Waals surface area contributed by atoms with Crippen molar-refractivity contribution in [1.29, 1.82) is 0 Å². The zero-order valence-corrected chi connectivity index (χ0v) is 18.4. The van der Waals surface area contributed by atoms with E-state index in [0.29, 0.717) is 39.1 Å². The van der Waals surface area contributed by atoms with Gasteiger partial charge in [-0.25, -0.2) is 0 Å². The summed E-state index contributed by atoms with van der Waals surface area (Å²) in [7, 11) is 1.62. The number of carbonyl (C=O) groups excluding carboxylic acids is 2. The van der Waals surface area contributed by atoms with Crippen LogP contribution in [0, 0.1) is 6.92 Å². The zero-order chi connectivity index (χ0) is 20.8. The number of amides is 2. The Balaban J connectivity index is 1.45. The molecular weight excluding hydrogens is 434 g/mol. The molecule has 0 radical (unpaired) electrons. The Labute approximate surface area is 180 Å². The van der Waals surface area contributed by atoms with E-state index in [4.69, 9.17) is 4.74 Å². The number of hydrogen-bond donors (Lipinski definition) is 1. The van der Waals surface area contributed by atoms with Crippen LogP contribution < -0.4 is 10.1 Å². The highest BCUT2D eigenvalue weighted by molar-refractivity contribution is 9.10. The van der Waals surface area contributed by atoms with Gasteiger partial charge >= 0.3 is 0 Å². The van der Waals surface area contributed by atoms with Crippen LogP contribution in [0.5, 0.6) is 5.75 Å². The normalized spacial score (nSPS) is 14.5. The first-order valence-electron chi connectivity index (χ1n) is 9.63. The predicted molar refractivity (Wildman–Crippen MR) is 117 cm³/mol. The van der Waals surface area contributed by atoms with Crippen LogP contribution in [0.25, 0.3) is 0 Å². The van der Waals surface area contributed by atoms with Crippen LogP contribution in [-0.2, 0) is 16.0 Å². The maximum absolute atomic E-state index is 12.6. The van der Waals surface area contributed by atoms with Crippen LogP contribution in [0.2, 0.25) is 0 Å². The fourth-order valence-corrected chi connectivity index (χ4v) is 3.60. The van der Waals surface area contributed by atoms with Crippen molar-refractivity contribution >= 4 is 33.4 Å². The fraction of sp³-hybridized carbons (Fsp3) is 0.364. The van der Waals surface area contributed by atoms with Crippen LogP contribution in [0.1, 0.15) is 11.1 Å². The highest BCUT2D eigenvalue weighted by atomic mass is 79.9. The third kappa shape index (κ3) is 6.05. The summed E-state index contributed by atoms with van der Waals surface area (Å²) in [4.78, 5) is 28.9. The molecule has 0 unspecified atom stereocenters. The van der Waals surface area contributed by atoms with Gasteiger partial charge < -0.3 is 15.0 Å². The number of carbonyl (C=O) groups is 2. The summed E-state index contributed by atoms with van der Waals surface area (Å²) in [6.45, 7) is 4.96. The van der Waals surface area contributed by atoms with E-state index in [1.807, 2.05) is 54.3 Å². The van der Waals surface area contributed by atoms with E-state index in [1.165, 1.54) is 0 Å². The predicted octanol–water partition coefficient (Wildman–Crippen LogP) is 3.09. The van der Waals surface area contributed by atoms with E-state index in [0.717, 1.165) is 27.0 Å². The lowest BCUT2D eigenvalue weighted by atomic mass is 10.1. The van der Waals surface area contributed by atoms with Gasteiger partial charge in [0.15, 0.2) is 0 Å². The maximum Gasteiger partial charge on any atom is 0.238 e. The Morgan fingerprint density at radius 2 is 1.86 bits per heavy atom. The first kappa shape index (κ1) is 21.3. The van der Waals surface area contributed by atoms with E-state index < -0.39 is 0 Å². The molecule has 29 heavy (non-hydrogen) atoms. The monoisotopic (exact) mass is 459 g/mol. The van der Waals surface area contributed by atoms with Crippen molar-refractivity contribution in [3.63, 3.8) is 0 Å². The molecule has 2 aromatic carbocycles. The lowest BCUT2D eigenvalue weighted by Gasteiger charge is -2.34. The van der Waals surface area contributed by atoms with Crippen LogP contribution in [0.4, 0.5) is 5.69 Å². The molecule has 1 heterocycles. The second-order valence-corrected chi connectivity index (χ2v) is 8.05. The molecule has 3 rings (SSSR count). The minimum Gasteiger partial charge on any atom is -0.497 e. The van der Waals surface area contributed by atoms with Crippen LogP contribution >= 0.6 is 15.9 Å². The molecule has 0 saturated carbocycles. The SMILES string of the molecule is COc1cccc(CC(=O)N2CCN(CC(=O)Nc3ccc(Br)c(C)c3)CC2)c1. The lowest BCUT2D eigenvalue weighted by molar-refractivity contribution is -0.132. The van der Waals surface area contributed by atoms with Gasteiger partial charge in [-0.15, -0.1) is 0 Å². The van der Waals surface area contributed by atoms with Gasteiger partial charge in [-0.2, -0.15) is 0 Å². The zero-order valence-electron chi connectivity index (χ0n) is 16.8. The first-order valence-corrected chi connectivity index (χ1v) is 10.4. The molecule has 6 nitrogen and oxygen atoms in total. The molecule has 1 aliphatic heterocycles. The van der Waals surface area contributed by atoms with Crippen LogP contribution in [-0.4, -0.2) is 61.4 Å². The summed E-state index contributed by atoms with van der Waals surface area (Å²) in [6, 6.07) is 13.3. The number of rotatable bonds is 6. The molecule has 0 spiro atoms. The van der Waals surface area contributed by atoms with Gasteiger partial charge in [-0.3, -0.25) is 14.5 Å². The number of ether oxygens (including phenoxy) is 1. The van der Waals surface area contributed by atoms with Crippen molar-refractivity contribution in [3.8, 4) is 5.75 Å². The van der Waals surface area contributed by atoms with Gasteiger partial charge in [0, 0.05) is 36.3 Å². The number of nitrogens with one attached hydrogen (secondary N) is 1. The second-order valence-electron chi connectivity index (χ2n) is 7.20. The second kappa shape index (κ2) is 9.89. The number of hydrogen-bond acceptors (Lipinski definition) is 4. The molecular formula is C22H26BrN3O3. The Bertz CT molecular complexity index is 879. The number of halogens is 1. The molecule has 2 amide bonds. The molecule has 154 valence electrons. The van der Waals surface area contributed by atoms with Gasteiger partial charge in [-0.1, -0.05) is 28.1 Å². The molecule has 0 aromatic heterocycles. The Morgan fingerprint density at radius 1 is 1.10 bits per heavy atom. The van der Waals surface area contributed by atoms with Crippen molar-refractivity contribution < 1.29 is 14.3 Å². The van der Waals surface area contributed by atoms with Gasteiger partial charge in [0.2, 0.25) is 11.8 Å². The highest BCUT2D eigenvalue weighted by Crippen LogP contribution is 2.20. The quantitative estimate of drug-likeness (QED) is 0.720. The van der Waals surface area contributed by atoms with Crippen LogP contribution in [0.3, 0.4) is 0 Å². The largest absolute Gasteiger partial charge is 0.497 e. The Hall–Kier alpha value is -2.38. The molecule has 7 heteroatoms. The van der Waals surface area contributed by atoms with Crippen molar-refractivity contribution in [2.75, 3.05) is 45.2 Å². The number of benzene rings is 2. The topological polar surface area (TPSA) is 61.9 Å². The summed E-state index contributed by atoms with van der Waals surface area (Å²) in [6.07, 6.45) is 0.362. The van der Waals surface area contributed by atoms with E-state index in [2.05, 4.69) is 26.1 Å². The summed E-state index contributed by atoms with van der Waals surface area (Å²) in [5.41, 5.74) is 2.81. The Morgan fingerprint density at radius 3 is 2.55 bits per heavy atom. The van der Waals surface area contributed by atoms with Crippen molar-refractivity contribution in [1.82, 2.24) is 9.80 Å². The number of piperazine rings is 1. The van der Waals surface area contributed by atoms with E-state index in [9.17, 15) is 9.59 Å². The molecule has 0 aliphatic carbocycles.